The summed E-state index contributed by atoms with van der Waals surface area (Å²) < 4.78 is 33.3. The first-order chi connectivity index (χ1) is 14.6. The molecule has 1 aliphatic carbocycles. The van der Waals surface area contributed by atoms with Crippen LogP contribution < -0.4 is 5.32 Å². The molecular formula is C21H30F2IN5O2. The number of aliphatic imine (C=N–C) groups is 1. The molecule has 0 aromatic heterocycles. The largest absolute Gasteiger partial charge is 0.378 e. The highest BCUT2D eigenvalue weighted by Crippen LogP contribution is 2.43. The van der Waals surface area contributed by atoms with E-state index in [-0.39, 0.29) is 47.4 Å². The summed E-state index contributed by atoms with van der Waals surface area (Å²) in [6.45, 7) is 6.03. The van der Waals surface area contributed by atoms with E-state index in [1.54, 1.807) is 7.05 Å². The Hall–Kier alpha value is -1.53. The van der Waals surface area contributed by atoms with Crippen molar-refractivity contribution in [1.29, 1.82) is 0 Å². The van der Waals surface area contributed by atoms with Gasteiger partial charge >= 0.3 is 0 Å². The van der Waals surface area contributed by atoms with Crippen LogP contribution in [-0.2, 0) is 9.53 Å². The zero-order chi connectivity index (χ0) is 21.1. The summed E-state index contributed by atoms with van der Waals surface area (Å²) in [6.07, 6.45) is 0.685. The van der Waals surface area contributed by atoms with Crippen LogP contribution in [0.1, 0.15) is 17.9 Å². The minimum Gasteiger partial charge on any atom is -0.378 e. The summed E-state index contributed by atoms with van der Waals surface area (Å²) in [4.78, 5) is 23.0. The van der Waals surface area contributed by atoms with Crippen LogP contribution in [0.25, 0.3) is 0 Å². The van der Waals surface area contributed by atoms with Crippen molar-refractivity contribution in [3.8, 4) is 0 Å². The molecule has 2 heterocycles. The number of benzene rings is 1. The summed E-state index contributed by atoms with van der Waals surface area (Å²) in [5.41, 5.74) is 0.164. The van der Waals surface area contributed by atoms with Crippen LogP contribution in [0, 0.1) is 11.6 Å². The van der Waals surface area contributed by atoms with Gasteiger partial charge < -0.3 is 19.9 Å². The maximum atomic E-state index is 14.0. The van der Waals surface area contributed by atoms with Crippen molar-refractivity contribution < 1.29 is 18.3 Å². The molecule has 1 aromatic carbocycles. The lowest BCUT2D eigenvalue weighted by Gasteiger charge is -2.37. The van der Waals surface area contributed by atoms with Gasteiger partial charge in [-0.15, -0.1) is 24.0 Å². The van der Waals surface area contributed by atoms with Gasteiger partial charge in [-0.05, 0) is 18.6 Å². The van der Waals surface area contributed by atoms with E-state index in [0.717, 1.165) is 32.1 Å². The normalized spacial score (nSPS) is 24.5. The number of nitrogens with one attached hydrogen (secondary N) is 1. The van der Waals surface area contributed by atoms with Gasteiger partial charge in [-0.1, -0.05) is 6.07 Å². The monoisotopic (exact) mass is 549 g/mol. The predicted molar refractivity (Wildman–Crippen MR) is 125 cm³/mol. The molecule has 4 rings (SSSR count). The summed E-state index contributed by atoms with van der Waals surface area (Å²) in [5.74, 6) is -0.244. The van der Waals surface area contributed by atoms with E-state index in [9.17, 15) is 13.6 Å². The van der Waals surface area contributed by atoms with Crippen molar-refractivity contribution in [3.63, 3.8) is 0 Å². The number of nitrogens with zero attached hydrogens (tertiary/aromatic N) is 4. The summed E-state index contributed by atoms with van der Waals surface area (Å²) in [7, 11) is 1.72. The Balaban J connectivity index is 0.00000272. The molecule has 0 radical (unpaired) electrons. The molecule has 2 atom stereocenters. The second-order valence-corrected chi connectivity index (χ2v) is 8.03. The number of guanidine groups is 1. The lowest BCUT2D eigenvalue weighted by Crippen LogP contribution is -2.55. The van der Waals surface area contributed by atoms with Crippen molar-refractivity contribution in [2.45, 2.75) is 18.4 Å². The smallest absolute Gasteiger partial charge is 0.236 e. The van der Waals surface area contributed by atoms with Gasteiger partial charge in [-0.3, -0.25) is 14.7 Å². The van der Waals surface area contributed by atoms with E-state index in [1.807, 2.05) is 4.90 Å². The zero-order valence-corrected chi connectivity index (χ0v) is 20.1. The van der Waals surface area contributed by atoms with Crippen molar-refractivity contribution in [2.75, 3.05) is 66.1 Å². The van der Waals surface area contributed by atoms with Crippen molar-refractivity contribution in [2.24, 2.45) is 4.99 Å². The van der Waals surface area contributed by atoms with Gasteiger partial charge in [-0.25, -0.2) is 8.78 Å². The Morgan fingerprint density at radius 3 is 2.35 bits per heavy atom. The van der Waals surface area contributed by atoms with Gasteiger partial charge in [0.05, 0.1) is 19.8 Å². The molecule has 10 heteroatoms. The summed E-state index contributed by atoms with van der Waals surface area (Å²) in [5, 5.41) is 3.36. The third-order valence-electron chi connectivity index (χ3n) is 6.08. The molecule has 0 bridgehead atoms. The standard InChI is InChI=1S/C21H29F2N5O2.HI/c1-24-21(25-18-13-15(18)20-16(22)3-2-4-17(20)23)28-7-5-26(6-8-28)14-19(29)27-9-11-30-12-10-27;/h2-4,15,18H,5-14H2,1H3,(H,24,25);1H. The Labute approximate surface area is 198 Å². The van der Waals surface area contributed by atoms with Gasteiger partial charge in [0, 0.05) is 63.8 Å². The van der Waals surface area contributed by atoms with E-state index < -0.39 is 11.6 Å². The molecule has 7 nitrogen and oxygen atoms in total. The topological polar surface area (TPSA) is 60.4 Å². The van der Waals surface area contributed by atoms with E-state index in [1.165, 1.54) is 18.2 Å². The average Bonchev–Trinajstić information content (AvgIpc) is 3.52. The van der Waals surface area contributed by atoms with Crippen molar-refractivity contribution in [3.05, 3.63) is 35.4 Å². The number of carbonyl (C=O) groups is 1. The Bertz CT molecular complexity index is 778. The quantitative estimate of drug-likeness (QED) is 0.351. The fraction of sp³-hybridized carbons (Fsp3) is 0.619. The second-order valence-electron chi connectivity index (χ2n) is 8.03. The number of hydrogen-bond donors (Lipinski definition) is 1. The first kappa shape index (κ1) is 24.1. The number of hydrogen-bond acceptors (Lipinski definition) is 4. The van der Waals surface area contributed by atoms with Crippen LogP contribution in [0.5, 0.6) is 0 Å². The Kier molecular flexibility index (Phi) is 8.45. The van der Waals surface area contributed by atoms with Crippen molar-refractivity contribution >= 4 is 35.8 Å². The van der Waals surface area contributed by atoms with E-state index >= 15 is 0 Å². The highest BCUT2D eigenvalue weighted by atomic mass is 127. The number of amides is 1. The highest BCUT2D eigenvalue weighted by molar-refractivity contribution is 14.0. The van der Waals surface area contributed by atoms with E-state index in [4.69, 9.17) is 4.74 Å². The molecule has 1 saturated carbocycles. The first-order valence-electron chi connectivity index (χ1n) is 10.6. The molecular weight excluding hydrogens is 519 g/mol. The summed E-state index contributed by atoms with van der Waals surface area (Å²) in [6, 6.07) is 3.98. The fourth-order valence-electron chi connectivity index (χ4n) is 4.22. The lowest BCUT2D eigenvalue weighted by molar-refractivity contribution is -0.136. The molecule has 2 aliphatic heterocycles. The third kappa shape index (κ3) is 5.83. The number of halogens is 3. The molecule has 1 amide bonds. The van der Waals surface area contributed by atoms with Crippen LogP contribution in [0.2, 0.25) is 0 Å². The molecule has 31 heavy (non-hydrogen) atoms. The second kappa shape index (κ2) is 10.9. The van der Waals surface area contributed by atoms with Crippen molar-refractivity contribution in [1.82, 2.24) is 20.0 Å². The van der Waals surface area contributed by atoms with Crippen LogP contribution in [0.15, 0.2) is 23.2 Å². The van der Waals surface area contributed by atoms with Gasteiger partial charge in [-0.2, -0.15) is 0 Å². The number of morpholine rings is 1. The van der Waals surface area contributed by atoms with Gasteiger partial charge in [0.1, 0.15) is 11.6 Å². The van der Waals surface area contributed by atoms with E-state index in [0.29, 0.717) is 39.3 Å². The van der Waals surface area contributed by atoms with Crippen LogP contribution in [0.3, 0.4) is 0 Å². The number of ether oxygens (including phenoxy) is 1. The molecule has 1 aromatic rings. The number of carbonyl (C=O) groups excluding carboxylic acids is 1. The third-order valence-corrected chi connectivity index (χ3v) is 6.08. The number of piperazine rings is 1. The molecule has 3 fully saturated rings. The number of rotatable bonds is 4. The lowest BCUT2D eigenvalue weighted by atomic mass is 10.1. The van der Waals surface area contributed by atoms with Crippen LogP contribution in [0.4, 0.5) is 8.78 Å². The summed E-state index contributed by atoms with van der Waals surface area (Å²) >= 11 is 0. The average molecular weight is 549 g/mol. The fourth-order valence-corrected chi connectivity index (χ4v) is 4.22. The maximum absolute atomic E-state index is 14.0. The Morgan fingerprint density at radius 2 is 1.74 bits per heavy atom. The Morgan fingerprint density at radius 1 is 1.10 bits per heavy atom. The minimum atomic E-state index is -0.488. The minimum absolute atomic E-state index is 0. The van der Waals surface area contributed by atoms with E-state index in [2.05, 4.69) is 20.1 Å². The molecule has 2 saturated heterocycles. The SMILES string of the molecule is CN=C(NC1CC1c1c(F)cccc1F)N1CCN(CC(=O)N2CCOCC2)CC1.I. The zero-order valence-electron chi connectivity index (χ0n) is 17.7. The molecule has 0 spiro atoms. The van der Waals surface area contributed by atoms with Gasteiger partial charge in [0.15, 0.2) is 5.96 Å². The van der Waals surface area contributed by atoms with Crippen LogP contribution in [-0.4, -0.2) is 98.7 Å². The molecule has 2 unspecified atom stereocenters. The molecule has 172 valence electrons. The van der Waals surface area contributed by atoms with Crippen LogP contribution >= 0.6 is 24.0 Å². The first-order valence-corrected chi connectivity index (χ1v) is 10.6. The maximum Gasteiger partial charge on any atom is 0.236 e. The van der Waals surface area contributed by atoms with Gasteiger partial charge in [0.25, 0.3) is 0 Å². The molecule has 3 aliphatic rings. The highest BCUT2D eigenvalue weighted by Gasteiger charge is 2.43. The molecule has 1 N–H and O–H groups in total. The van der Waals surface area contributed by atoms with Gasteiger partial charge in [0.2, 0.25) is 5.91 Å². The predicted octanol–water partition coefficient (Wildman–Crippen LogP) is 1.49.